The summed E-state index contributed by atoms with van der Waals surface area (Å²) < 4.78 is 5.34. The Labute approximate surface area is 132 Å². The summed E-state index contributed by atoms with van der Waals surface area (Å²) in [4.78, 5) is 14.5. The van der Waals surface area contributed by atoms with Gasteiger partial charge in [0.2, 0.25) is 5.91 Å². The molecule has 1 aliphatic rings. The number of carbonyl (C=O) groups is 1. The van der Waals surface area contributed by atoms with Crippen LogP contribution in [0.2, 0.25) is 0 Å². The average molecular weight is 306 g/mol. The first kappa shape index (κ1) is 16.8. The lowest BCUT2D eigenvalue weighted by atomic mass is 10.0. The summed E-state index contributed by atoms with van der Waals surface area (Å²) in [6.45, 7) is 5.27. The molecule has 5 nitrogen and oxygen atoms in total. The van der Waals surface area contributed by atoms with Crippen LogP contribution in [-0.2, 0) is 4.79 Å². The molecule has 2 N–H and O–H groups in total. The first-order chi connectivity index (χ1) is 10.5. The summed E-state index contributed by atoms with van der Waals surface area (Å²) in [6.07, 6.45) is 1.43. The van der Waals surface area contributed by atoms with Crippen molar-refractivity contribution in [3.8, 4) is 5.75 Å². The van der Waals surface area contributed by atoms with Gasteiger partial charge in [0, 0.05) is 12.1 Å². The van der Waals surface area contributed by atoms with E-state index in [1.54, 1.807) is 7.11 Å². The van der Waals surface area contributed by atoms with Crippen LogP contribution in [0.5, 0.6) is 5.75 Å². The largest absolute Gasteiger partial charge is 0.496 e. The SMILES string of the molecule is COc1ccccc1C(C)NC(=O)C(C)N1CCCC(O)C1. The number of β-amino-alcohol motifs (C(OH)–C–C–N with tert-alkyl or cyclic N) is 1. The van der Waals surface area contributed by atoms with E-state index in [1.807, 2.05) is 43.0 Å². The van der Waals surface area contributed by atoms with Crippen molar-refractivity contribution >= 4 is 5.91 Å². The number of benzene rings is 1. The van der Waals surface area contributed by atoms with E-state index in [9.17, 15) is 9.90 Å². The third-order valence-electron chi connectivity index (χ3n) is 4.32. The van der Waals surface area contributed by atoms with Gasteiger partial charge in [-0.15, -0.1) is 0 Å². The molecule has 122 valence electrons. The van der Waals surface area contributed by atoms with E-state index in [1.165, 1.54) is 0 Å². The lowest BCUT2D eigenvalue weighted by Gasteiger charge is -2.34. The van der Waals surface area contributed by atoms with Crippen LogP contribution in [0.3, 0.4) is 0 Å². The van der Waals surface area contributed by atoms with Crippen molar-refractivity contribution in [3.63, 3.8) is 0 Å². The molecule has 5 heteroatoms. The fourth-order valence-electron chi connectivity index (χ4n) is 2.94. The molecule has 1 saturated heterocycles. The quantitative estimate of drug-likeness (QED) is 0.869. The first-order valence-electron chi connectivity index (χ1n) is 7.88. The third-order valence-corrected chi connectivity index (χ3v) is 4.32. The van der Waals surface area contributed by atoms with Gasteiger partial charge in [-0.25, -0.2) is 0 Å². The highest BCUT2D eigenvalue weighted by molar-refractivity contribution is 5.81. The van der Waals surface area contributed by atoms with Crippen LogP contribution < -0.4 is 10.1 Å². The average Bonchev–Trinajstić information content (AvgIpc) is 2.53. The number of aliphatic hydroxyl groups is 1. The van der Waals surface area contributed by atoms with Crippen LogP contribution in [0, 0.1) is 0 Å². The number of hydrogen-bond donors (Lipinski definition) is 2. The number of rotatable bonds is 5. The van der Waals surface area contributed by atoms with Gasteiger partial charge < -0.3 is 15.2 Å². The number of aliphatic hydroxyl groups excluding tert-OH is 1. The Morgan fingerprint density at radius 3 is 2.82 bits per heavy atom. The number of methoxy groups -OCH3 is 1. The van der Waals surface area contributed by atoms with E-state index in [0.717, 1.165) is 30.7 Å². The van der Waals surface area contributed by atoms with Crippen molar-refractivity contribution < 1.29 is 14.6 Å². The number of para-hydroxylation sites is 1. The second-order valence-corrected chi connectivity index (χ2v) is 5.94. The van der Waals surface area contributed by atoms with Gasteiger partial charge in [-0.1, -0.05) is 18.2 Å². The molecule has 2 rings (SSSR count). The Morgan fingerprint density at radius 2 is 2.14 bits per heavy atom. The van der Waals surface area contributed by atoms with Gasteiger partial charge in [0.1, 0.15) is 5.75 Å². The predicted octanol–water partition coefficient (Wildman–Crippen LogP) is 1.72. The number of nitrogens with one attached hydrogen (secondary N) is 1. The number of piperidine rings is 1. The van der Waals surface area contributed by atoms with Gasteiger partial charge >= 0.3 is 0 Å². The smallest absolute Gasteiger partial charge is 0.237 e. The molecule has 1 fully saturated rings. The lowest BCUT2D eigenvalue weighted by Crippen LogP contribution is -2.50. The molecule has 1 amide bonds. The van der Waals surface area contributed by atoms with Crippen LogP contribution in [0.1, 0.15) is 38.3 Å². The zero-order chi connectivity index (χ0) is 16.1. The zero-order valence-corrected chi connectivity index (χ0v) is 13.6. The molecule has 3 unspecified atom stereocenters. The second-order valence-electron chi connectivity index (χ2n) is 5.94. The van der Waals surface area contributed by atoms with Crippen molar-refractivity contribution in [3.05, 3.63) is 29.8 Å². The topological polar surface area (TPSA) is 61.8 Å². The summed E-state index contributed by atoms with van der Waals surface area (Å²) >= 11 is 0. The van der Waals surface area contributed by atoms with E-state index >= 15 is 0 Å². The maximum atomic E-state index is 12.5. The molecule has 1 aromatic carbocycles. The summed E-state index contributed by atoms with van der Waals surface area (Å²) in [5.41, 5.74) is 0.962. The van der Waals surface area contributed by atoms with Gasteiger partial charge in [0.05, 0.1) is 25.3 Å². The molecule has 1 heterocycles. The lowest BCUT2D eigenvalue weighted by molar-refractivity contribution is -0.127. The monoisotopic (exact) mass is 306 g/mol. The van der Waals surface area contributed by atoms with Crippen LogP contribution >= 0.6 is 0 Å². The molecule has 0 aliphatic carbocycles. The predicted molar refractivity (Wildman–Crippen MR) is 85.8 cm³/mol. The standard InChI is InChI=1S/C17H26N2O3/c1-12(15-8-4-5-9-16(15)22-3)18-17(21)13(2)19-10-6-7-14(20)11-19/h4-5,8-9,12-14,20H,6-7,10-11H2,1-3H3,(H,18,21). The van der Waals surface area contributed by atoms with Crippen molar-refractivity contribution in [1.29, 1.82) is 0 Å². The fraction of sp³-hybridized carbons (Fsp3) is 0.588. The maximum Gasteiger partial charge on any atom is 0.237 e. The Balaban J connectivity index is 1.98. The maximum absolute atomic E-state index is 12.5. The summed E-state index contributed by atoms with van der Waals surface area (Å²) in [5, 5.41) is 12.8. The molecule has 3 atom stereocenters. The Bertz CT molecular complexity index is 506. The van der Waals surface area contributed by atoms with Crippen molar-refractivity contribution in [1.82, 2.24) is 10.2 Å². The molecule has 0 radical (unpaired) electrons. The van der Waals surface area contributed by atoms with E-state index in [0.29, 0.717) is 6.54 Å². The zero-order valence-electron chi connectivity index (χ0n) is 13.6. The third kappa shape index (κ3) is 3.99. The minimum Gasteiger partial charge on any atom is -0.496 e. The number of nitrogens with zero attached hydrogens (tertiary/aromatic N) is 1. The van der Waals surface area contributed by atoms with Gasteiger partial charge in [-0.05, 0) is 39.3 Å². The van der Waals surface area contributed by atoms with E-state index in [4.69, 9.17) is 4.74 Å². The van der Waals surface area contributed by atoms with Gasteiger partial charge in [0.15, 0.2) is 0 Å². The van der Waals surface area contributed by atoms with E-state index in [-0.39, 0.29) is 24.1 Å². The summed E-state index contributed by atoms with van der Waals surface area (Å²) in [6, 6.07) is 7.33. The first-order valence-corrected chi connectivity index (χ1v) is 7.88. The Morgan fingerprint density at radius 1 is 1.41 bits per heavy atom. The van der Waals surface area contributed by atoms with Crippen molar-refractivity contribution in [2.75, 3.05) is 20.2 Å². The number of likely N-dealkylation sites (tertiary alicyclic amines) is 1. The van der Waals surface area contributed by atoms with Crippen LogP contribution in [0.25, 0.3) is 0 Å². The van der Waals surface area contributed by atoms with E-state index < -0.39 is 0 Å². The van der Waals surface area contributed by atoms with Crippen molar-refractivity contribution in [2.24, 2.45) is 0 Å². The highest BCUT2D eigenvalue weighted by atomic mass is 16.5. The normalized spacial score (nSPS) is 21.9. The highest BCUT2D eigenvalue weighted by Crippen LogP contribution is 2.24. The number of amides is 1. The molecular weight excluding hydrogens is 280 g/mol. The molecule has 22 heavy (non-hydrogen) atoms. The van der Waals surface area contributed by atoms with Gasteiger partial charge in [0.25, 0.3) is 0 Å². The molecule has 0 spiro atoms. The highest BCUT2D eigenvalue weighted by Gasteiger charge is 2.27. The van der Waals surface area contributed by atoms with Crippen molar-refractivity contribution in [2.45, 2.75) is 44.9 Å². The number of hydrogen-bond acceptors (Lipinski definition) is 4. The molecule has 0 aromatic heterocycles. The van der Waals surface area contributed by atoms with Gasteiger partial charge in [-0.2, -0.15) is 0 Å². The number of ether oxygens (including phenoxy) is 1. The summed E-state index contributed by atoms with van der Waals surface area (Å²) in [7, 11) is 1.63. The second kappa shape index (κ2) is 7.61. The van der Waals surface area contributed by atoms with E-state index in [2.05, 4.69) is 5.32 Å². The van der Waals surface area contributed by atoms with Crippen LogP contribution in [0.4, 0.5) is 0 Å². The molecule has 0 bridgehead atoms. The number of carbonyl (C=O) groups excluding carboxylic acids is 1. The Hall–Kier alpha value is -1.59. The van der Waals surface area contributed by atoms with Gasteiger partial charge in [-0.3, -0.25) is 9.69 Å². The molecule has 1 aromatic rings. The Kier molecular flexibility index (Phi) is 5.80. The molecular formula is C17H26N2O3. The van der Waals surface area contributed by atoms with Crippen LogP contribution in [-0.4, -0.2) is 48.3 Å². The minimum atomic E-state index is -0.323. The fourth-order valence-corrected chi connectivity index (χ4v) is 2.94. The molecule has 0 saturated carbocycles. The minimum absolute atomic E-state index is 0.0208. The van der Waals surface area contributed by atoms with Crippen LogP contribution in [0.15, 0.2) is 24.3 Å². The molecule has 1 aliphatic heterocycles. The summed E-state index contributed by atoms with van der Waals surface area (Å²) in [5.74, 6) is 0.754.